The van der Waals surface area contributed by atoms with Gasteiger partial charge in [-0.05, 0) is 36.4 Å². The zero-order valence-corrected chi connectivity index (χ0v) is 15.6. The first-order valence-electron chi connectivity index (χ1n) is 6.80. The Labute approximate surface area is 158 Å². The number of benzene rings is 2. The molecule has 8 heteroatoms. The molecule has 0 aliphatic carbocycles. The van der Waals surface area contributed by atoms with Crippen LogP contribution in [0.3, 0.4) is 0 Å². The van der Waals surface area contributed by atoms with Crippen LogP contribution in [0.2, 0.25) is 15.1 Å². The van der Waals surface area contributed by atoms with Crippen LogP contribution in [0.5, 0.6) is 0 Å². The number of hydrogen-bond donors (Lipinski definition) is 2. The van der Waals surface area contributed by atoms with Gasteiger partial charge in [0.25, 0.3) is 0 Å². The lowest BCUT2D eigenvalue weighted by Crippen LogP contribution is -2.14. The molecule has 0 spiro atoms. The smallest absolute Gasteiger partial charge is 0.234 e. The van der Waals surface area contributed by atoms with E-state index < -0.39 is 0 Å². The zero-order valence-electron chi connectivity index (χ0n) is 12.5. The van der Waals surface area contributed by atoms with Crippen molar-refractivity contribution in [1.82, 2.24) is 0 Å². The SMILES string of the molecule is CC(=O)Nc1ccc(SCC(=O)Nc2cc(Cl)c(Cl)cc2Cl)cc1. The summed E-state index contributed by atoms with van der Waals surface area (Å²) in [7, 11) is 0. The van der Waals surface area contributed by atoms with E-state index in [0.29, 0.717) is 26.4 Å². The van der Waals surface area contributed by atoms with E-state index in [9.17, 15) is 9.59 Å². The van der Waals surface area contributed by atoms with Crippen LogP contribution < -0.4 is 10.6 Å². The number of thioether (sulfide) groups is 1. The molecular weight excluding hydrogens is 391 g/mol. The minimum Gasteiger partial charge on any atom is -0.326 e. The Balaban J connectivity index is 1.91. The molecule has 126 valence electrons. The number of carbonyl (C=O) groups is 2. The van der Waals surface area contributed by atoms with E-state index in [1.54, 1.807) is 12.1 Å². The molecule has 0 saturated carbocycles. The Morgan fingerprint density at radius 3 is 2.21 bits per heavy atom. The number of amides is 2. The van der Waals surface area contributed by atoms with Gasteiger partial charge in [0.15, 0.2) is 0 Å². The standard InChI is InChI=1S/C16H13Cl3N2O2S/c1-9(22)20-10-2-4-11(5-3-10)24-8-16(23)21-15-7-13(18)12(17)6-14(15)19/h2-7H,8H2,1H3,(H,20,22)(H,21,23). The Hall–Kier alpha value is -1.40. The summed E-state index contributed by atoms with van der Waals surface area (Å²) in [5.41, 5.74) is 1.12. The summed E-state index contributed by atoms with van der Waals surface area (Å²) in [6.45, 7) is 1.45. The van der Waals surface area contributed by atoms with Crippen molar-refractivity contribution in [1.29, 1.82) is 0 Å². The highest BCUT2D eigenvalue weighted by Crippen LogP contribution is 2.32. The van der Waals surface area contributed by atoms with Gasteiger partial charge in [-0.2, -0.15) is 0 Å². The number of halogens is 3. The molecule has 2 N–H and O–H groups in total. The van der Waals surface area contributed by atoms with E-state index >= 15 is 0 Å². The average Bonchev–Trinajstić information content (AvgIpc) is 2.51. The van der Waals surface area contributed by atoms with Crippen molar-refractivity contribution >= 4 is 69.8 Å². The molecule has 0 atom stereocenters. The van der Waals surface area contributed by atoms with E-state index in [1.165, 1.54) is 30.8 Å². The molecule has 0 radical (unpaired) electrons. The zero-order chi connectivity index (χ0) is 17.7. The van der Waals surface area contributed by atoms with Crippen LogP contribution >= 0.6 is 46.6 Å². The number of carbonyl (C=O) groups excluding carboxylic acids is 2. The maximum Gasteiger partial charge on any atom is 0.234 e. The summed E-state index contributed by atoms with van der Waals surface area (Å²) in [4.78, 5) is 23.9. The summed E-state index contributed by atoms with van der Waals surface area (Å²) in [5.74, 6) is -0.143. The van der Waals surface area contributed by atoms with E-state index in [4.69, 9.17) is 34.8 Å². The van der Waals surface area contributed by atoms with E-state index in [1.807, 2.05) is 12.1 Å². The molecular formula is C16H13Cl3N2O2S. The Kier molecular flexibility index (Phi) is 6.80. The number of anilines is 2. The fourth-order valence-corrected chi connectivity index (χ4v) is 3.08. The first kappa shape index (κ1) is 18.9. The number of nitrogens with one attached hydrogen (secondary N) is 2. The molecule has 4 nitrogen and oxygen atoms in total. The first-order chi connectivity index (χ1) is 11.3. The van der Waals surface area contributed by atoms with Crippen molar-refractivity contribution in [2.75, 3.05) is 16.4 Å². The Morgan fingerprint density at radius 2 is 1.58 bits per heavy atom. The minimum atomic E-state index is -0.216. The number of hydrogen-bond acceptors (Lipinski definition) is 3. The third kappa shape index (κ3) is 5.60. The third-order valence-electron chi connectivity index (χ3n) is 2.83. The number of rotatable bonds is 5. The summed E-state index contributed by atoms with van der Waals surface area (Å²) >= 11 is 19.1. The largest absolute Gasteiger partial charge is 0.326 e. The van der Waals surface area contributed by atoms with E-state index in [2.05, 4.69) is 10.6 Å². The fourth-order valence-electron chi connectivity index (χ4n) is 1.79. The van der Waals surface area contributed by atoms with Gasteiger partial charge in [-0.25, -0.2) is 0 Å². The lowest BCUT2D eigenvalue weighted by Gasteiger charge is -2.09. The van der Waals surface area contributed by atoms with Gasteiger partial charge in [-0.3, -0.25) is 9.59 Å². The maximum absolute atomic E-state index is 12.0. The fraction of sp³-hybridized carbons (Fsp3) is 0.125. The molecule has 0 aliphatic heterocycles. The van der Waals surface area contributed by atoms with Gasteiger partial charge in [0.2, 0.25) is 11.8 Å². The van der Waals surface area contributed by atoms with Crippen LogP contribution in [0.1, 0.15) is 6.92 Å². The van der Waals surface area contributed by atoms with Gasteiger partial charge in [-0.1, -0.05) is 34.8 Å². The van der Waals surface area contributed by atoms with Crippen molar-refractivity contribution in [3.63, 3.8) is 0 Å². The monoisotopic (exact) mass is 402 g/mol. The van der Waals surface area contributed by atoms with Crippen LogP contribution in [0.4, 0.5) is 11.4 Å². The van der Waals surface area contributed by atoms with E-state index in [-0.39, 0.29) is 17.6 Å². The van der Waals surface area contributed by atoms with Gasteiger partial charge < -0.3 is 10.6 Å². The topological polar surface area (TPSA) is 58.2 Å². The molecule has 2 aromatic rings. The molecule has 0 aliphatic rings. The average molecular weight is 404 g/mol. The van der Waals surface area contributed by atoms with Crippen molar-refractivity contribution in [3.8, 4) is 0 Å². The Morgan fingerprint density at radius 1 is 0.958 bits per heavy atom. The lowest BCUT2D eigenvalue weighted by atomic mass is 10.3. The summed E-state index contributed by atoms with van der Waals surface area (Å²) in [6.07, 6.45) is 0. The van der Waals surface area contributed by atoms with Gasteiger partial charge in [0.1, 0.15) is 0 Å². The molecule has 2 rings (SSSR count). The van der Waals surface area contributed by atoms with Gasteiger partial charge >= 0.3 is 0 Å². The predicted molar refractivity (Wildman–Crippen MR) is 102 cm³/mol. The lowest BCUT2D eigenvalue weighted by molar-refractivity contribution is -0.114. The highest BCUT2D eigenvalue weighted by atomic mass is 35.5. The van der Waals surface area contributed by atoms with Crippen molar-refractivity contribution in [2.24, 2.45) is 0 Å². The molecule has 0 fully saturated rings. The highest BCUT2D eigenvalue weighted by Gasteiger charge is 2.10. The van der Waals surface area contributed by atoms with Gasteiger partial charge in [-0.15, -0.1) is 11.8 Å². The van der Waals surface area contributed by atoms with Crippen LogP contribution in [0, 0.1) is 0 Å². The summed E-state index contributed by atoms with van der Waals surface area (Å²) in [6, 6.07) is 10.2. The Bertz CT molecular complexity index is 767. The second-order valence-corrected chi connectivity index (χ2v) is 7.06. The van der Waals surface area contributed by atoms with Crippen LogP contribution in [-0.4, -0.2) is 17.6 Å². The molecule has 0 heterocycles. The minimum absolute atomic E-state index is 0.131. The van der Waals surface area contributed by atoms with Crippen LogP contribution in [0.25, 0.3) is 0 Å². The summed E-state index contributed by atoms with van der Waals surface area (Å²) < 4.78 is 0. The van der Waals surface area contributed by atoms with Gasteiger partial charge in [0, 0.05) is 17.5 Å². The van der Waals surface area contributed by atoms with Crippen molar-refractivity contribution < 1.29 is 9.59 Å². The van der Waals surface area contributed by atoms with Crippen molar-refractivity contribution in [2.45, 2.75) is 11.8 Å². The second kappa shape index (κ2) is 8.62. The third-order valence-corrected chi connectivity index (χ3v) is 4.88. The first-order valence-corrected chi connectivity index (χ1v) is 8.92. The molecule has 0 bridgehead atoms. The molecule has 2 aromatic carbocycles. The maximum atomic E-state index is 12.0. The molecule has 0 unspecified atom stereocenters. The molecule has 0 saturated heterocycles. The van der Waals surface area contributed by atoms with Gasteiger partial charge in [0.05, 0.1) is 26.5 Å². The van der Waals surface area contributed by atoms with Crippen LogP contribution in [-0.2, 0) is 9.59 Å². The van der Waals surface area contributed by atoms with Crippen LogP contribution in [0.15, 0.2) is 41.3 Å². The van der Waals surface area contributed by atoms with Crippen molar-refractivity contribution in [3.05, 3.63) is 51.5 Å². The molecule has 24 heavy (non-hydrogen) atoms. The second-order valence-electron chi connectivity index (χ2n) is 4.79. The molecule has 0 aromatic heterocycles. The normalized spacial score (nSPS) is 10.3. The summed E-state index contributed by atoms with van der Waals surface area (Å²) in [5, 5.41) is 6.34. The molecule has 2 amide bonds. The van der Waals surface area contributed by atoms with E-state index in [0.717, 1.165) is 4.90 Å². The quantitative estimate of drug-likeness (QED) is 0.523. The predicted octanol–water partition coefficient (Wildman–Crippen LogP) is 5.34. The highest BCUT2D eigenvalue weighted by molar-refractivity contribution is 8.00.